The quantitative estimate of drug-likeness (QED) is 0.695. The number of primary amides is 1. The van der Waals surface area contributed by atoms with Crippen LogP contribution < -0.4 is 25.8 Å². The smallest absolute Gasteiger partial charge is 0.255 e. The van der Waals surface area contributed by atoms with E-state index < -0.39 is 5.91 Å². The molecular weight excluding hydrogens is 334 g/mol. The van der Waals surface area contributed by atoms with E-state index in [2.05, 4.69) is 17.6 Å². The lowest BCUT2D eigenvalue weighted by Crippen LogP contribution is -2.50. The minimum absolute atomic E-state index is 0. The van der Waals surface area contributed by atoms with Crippen LogP contribution in [0.2, 0.25) is 0 Å². The van der Waals surface area contributed by atoms with Crippen LogP contribution in [0.4, 0.5) is 0 Å². The molecule has 8 heteroatoms. The minimum Gasteiger partial charge on any atom is -0.493 e. The lowest BCUT2D eigenvalue weighted by molar-refractivity contribution is -0.119. The fourth-order valence-electron chi connectivity index (χ4n) is 2.51. The second-order valence-corrected chi connectivity index (χ2v) is 5.67. The van der Waals surface area contributed by atoms with Crippen molar-refractivity contribution in [2.45, 2.75) is 19.4 Å². The maximum atomic E-state index is 12.4. The van der Waals surface area contributed by atoms with Crippen LogP contribution >= 0.6 is 12.4 Å². The molecule has 24 heavy (non-hydrogen) atoms. The van der Waals surface area contributed by atoms with E-state index in [0.29, 0.717) is 23.0 Å². The zero-order valence-corrected chi connectivity index (χ0v) is 14.7. The van der Waals surface area contributed by atoms with Gasteiger partial charge in [-0.3, -0.25) is 9.59 Å². The third-order valence-electron chi connectivity index (χ3n) is 3.94. The average molecular weight is 358 g/mol. The Balaban J connectivity index is 0.00000288. The lowest BCUT2D eigenvalue weighted by atomic mass is 9.94. The van der Waals surface area contributed by atoms with Gasteiger partial charge >= 0.3 is 0 Å². The number of rotatable bonds is 6. The van der Waals surface area contributed by atoms with Crippen molar-refractivity contribution in [2.75, 3.05) is 26.8 Å². The fraction of sp³-hybridized carbons (Fsp3) is 0.500. The second-order valence-electron chi connectivity index (χ2n) is 5.67. The molecule has 0 bridgehead atoms. The SMILES string of the molecule is COc1cc(C(=O)NC2CNCCC2C)ccc1OCC(N)=O.Cl. The number of piperidine rings is 1. The van der Waals surface area contributed by atoms with Crippen molar-refractivity contribution >= 4 is 24.2 Å². The zero-order chi connectivity index (χ0) is 16.8. The fourth-order valence-corrected chi connectivity index (χ4v) is 2.51. The number of carbonyl (C=O) groups is 2. The predicted molar refractivity (Wildman–Crippen MR) is 92.8 cm³/mol. The van der Waals surface area contributed by atoms with Crippen LogP contribution in [0.25, 0.3) is 0 Å². The van der Waals surface area contributed by atoms with Crippen LogP contribution in [0.3, 0.4) is 0 Å². The number of nitrogens with two attached hydrogens (primary N) is 1. The molecule has 0 radical (unpaired) electrons. The molecule has 4 N–H and O–H groups in total. The van der Waals surface area contributed by atoms with Crippen molar-refractivity contribution in [3.63, 3.8) is 0 Å². The number of carbonyl (C=O) groups excluding carboxylic acids is 2. The first kappa shape index (κ1) is 20.1. The van der Waals surface area contributed by atoms with Gasteiger partial charge in [0.1, 0.15) is 0 Å². The zero-order valence-electron chi connectivity index (χ0n) is 13.8. The number of halogens is 1. The summed E-state index contributed by atoms with van der Waals surface area (Å²) in [6.45, 7) is 3.64. The molecule has 2 rings (SSSR count). The van der Waals surface area contributed by atoms with Crippen LogP contribution in [0.15, 0.2) is 18.2 Å². The number of benzene rings is 1. The summed E-state index contributed by atoms with van der Waals surface area (Å²) in [5, 5.41) is 6.31. The Kier molecular flexibility index (Phi) is 7.81. The molecule has 2 unspecified atom stereocenters. The topological polar surface area (TPSA) is 103 Å². The highest BCUT2D eigenvalue weighted by Crippen LogP contribution is 2.28. The summed E-state index contributed by atoms with van der Waals surface area (Å²) in [6, 6.07) is 4.93. The summed E-state index contributed by atoms with van der Waals surface area (Å²) < 4.78 is 10.5. The maximum Gasteiger partial charge on any atom is 0.255 e. The van der Waals surface area contributed by atoms with Gasteiger partial charge in [-0.1, -0.05) is 6.92 Å². The van der Waals surface area contributed by atoms with E-state index in [4.69, 9.17) is 15.2 Å². The highest BCUT2D eigenvalue weighted by atomic mass is 35.5. The van der Waals surface area contributed by atoms with Gasteiger partial charge in [-0.25, -0.2) is 0 Å². The van der Waals surface area contributed by atoms with Crippen molar-refractivity contribution in [3.8, 4) is 11.5 Å². The van der Waals surface area contributed by atoms with Crippen LogP contribution in [-0.2, 0) is 4.79 Å². The largest absolute Gasteiger partial charge is 0.493 e. The van der Waals surface area contributed by atoms with E-state index in [1.54, 1.807) is 18.2 Å². The van der Waals surface area contributed by atoms with Crippen molar-refractivity contribution < 1.29 is 19.1 Å². The number of amides is 2. The van der Waals surface area contributed by atoms with Crippen LogP contribution in [0.1, 0.15) is 23.7 Å². The summed E-state index contributed by atoms with van der Waals surface area (Å²) >= 11 is 0. The van der Waals surface area contributed by atoms with Gasteiger partial charge in [0, 0.05) is 18.2 Å². The first-order valence-corrected chi connectivity index (χ1v) is 7.62. The van der Waals surface area contributed by atoms with Gasteiger partial charge in [0.2, 0.25) is 0 Å². The van der Waals surface area contributed by atoms with E-state index in [9.17, 15) is 9.59 Å². The molecule has 1 aliphatic heterocycles. The minimum atomic E-state index is -0.576. The standard InChI is InChI=1S/C16H23N3O4.ClH/c1-10-5-6-18-8-12(10)19-16(21)11-3-4-13(14(7-11)22-2)23-9-15(17)20;/h3-4,7,10,12,18H,5-6,8-9H2,1-2H3,(H2,17,20)(H,19,21);1H. The molecule has 1 fully saturated rings. The lowest BCUT2D eigenvalue weighted by Gasteiger charge is -2.30. The third kappa shape index (κ3) is 5.28. The van der Waals surface area contributed by atoms with Crippen molar-refractivity contribution in [1.82, 2.24) is 10.6 Å². The Labute approximate surface area is 147 Å². The first-order valence-electron chi connectivity index (χ1n) is 7.62. The average Bonchev–Trinajstić information content (AvgIpc) is 2.54. The molecule has 0 aromatic heterocycles. The Bertz CT molecular complexity index is 582. The van der Waals surface area contributed by atoms with Gasteiger partial charge in [-0.15, -0.1) is 12.4 Å². The Morgan fingerprint density at radius 2 is 2.12 bits per heavy atom. The molecule has 7 nitrogen and oxygen atoms in total. The number of hydrogen-bond acceptors (Lipinski definition) is 5. The van der Waals surface area contributed by atoms with E-state index in [1.165, 1.54) is 7.11 Å². The second kappa shape index (κ2) is 9.34. The summed E-state index contributed by atoms with van der Waals surface area (Å²) in [5.74, 6) is 0.447. The molecule has 134 valence electrons. The number of nitrogens with one attached hydrogen (secondary N) is 2. The molecule has 0 aliphatic carbocycles. The van der Waals surface area contributed by atoms with Crippen molar-refractivity contribution in [3.05, 3.63) is 23.8 Å². The molecule has 0 spiro atoms. The van der Waals surface area contributed by atoms with Gasteiger partial charge in [-0.05, 0) is 37.1 Å². The van der Waals surface area contributed by atoms with Gasteiger partial charge in [-0.2, -0.15) is 0 Å². The summed E-state index contributed by atoms with van der Waals surface area (Å²) in [7, 11) is 1.47. The molecule has 2 atom stereocenters. The normalized spacial score (nSPS) is 19.8. The molecule has 0 saturated carbocycles. The van der Waals surface area contributed by atoms with Crippen LogP contribution in [0.5, 0.6) is 11.5 Å². The van der Waals surface area contributed by atoms with E-state index in [-0.39, 0.29) is 31.0 Å². The summed E-state index contributed by atoms with van der Waals surface area (Å²) in [6.07, 6.45) is 1.04. The first-order chi connectivity index (χ1) is 11.0. The van der Waals surface area contributed by atoms with Gasteiger partial charge in [0.15, 0.2) is 18.1 Å². The Hall–Kier alpha value is -1.99. The van der Waals surface area contributed by atoms with Gasteiger partial charge in [0.25, 0.3) is 11.8 Å². The predicted octanol–water partition coefficient (Wildman–Crippen LogP) is 0.709. The third-order valence-corrected chi connectivity index (χ3v) is 3.94. The summed E-state index contributed by atoms with van der Waals surface area (Å²) in [4.78, 5) is 23.2. The van der Waals surface area contributed by atoms with Crippen molar-refractivity contribution in [2.24, 2.45) is 11.7 Å². The Morgan fingerprint density at radius 3 is 2.75 bits per heavy atom. The van der Waals surface area contributed by atoms with E-state index in [0.717, 1.165) is 19.5 Å². The van der Waals surface area contributed by atoms with Gasteiger partial charge < -0.3 is 25.8 Å². The molecule has 1 aromatic rings. The molecule has 1 aromatic carbocycles. The van der Waals surface area contributed by atoms with Crippen LogP contribution in [0, 0.1) is 5.92 Å². The molecule has 1 aliphatic rings. The summed E-state index contributed by atoms with van der Waals surface area (Å²) in [5.41, 5.74) is 5.53. The number of hydrogen-bond donors (Lipinski definition) is 3. The van der Waals surface area contributed by atoms with Gasteiger partial charge in [0.05, 0.1) is 7.11 Å². The van der Waals surface area contributed by atoms with E-state index >= 15 is 0 Å². The van der Waals surface area contributed by atoms with E-state index in [1.807, 2.05) is 0 Å². The maximum absolute atomic E-state index is 12.4. The molecule has 1 heterocycles. The molecule has 1 saturated heterocycles. The highest BCUT2D eigenvalue weighted by Gasteiger charge is 2.23. The molecular formula is C16H24ClN3O4. The van der Waals surface area contributed by atoms with Crippen molar-refractivity contribution in [1.29, 1.82) is 0 Å². The molecule has 2 amide bonds. The number of ether oxygens (including phenoxy) is 2. The Morgan fingerprint density at radius 1 is 1.38 bits per heavy atom. The van der Waals surface area contributed by atoms with Crippen LogP contribution in [-0.4, -0.2) is 44.7 Å². The monoisotopic (exact) mass is 357 g/mol. The highest BCUT2D eigenvalue weighted by molar-refractivity contribution is 5.95. The number of methoxy groups -OCH3 is 1.